The van der Waals surface area contributed by atoms with Crippen LogP contribution in [0.25, 0.3) is 13.2 Å². The standard InChI is InChI=1S/C8H8.4C2H6/c1-7-3-5-8(2)6-4-7;4*1-2/h3-6H,1-2H2;4*1-2H3. The average Bonchev–Trinajstić information content (AvgIpc) is 2.42. The van der Waals surface area contributed by atoms with E-state index in [0.29, 0.717) is 0 Å². The number of benzene rings is 1. The van der Waals surface area contributed by atoms with Crippen molar-refractivity contribution in [2.45, 2.75) is 55.4 Å². The molecule has 0 amide bonds. The molecule has 0 N–H and O–H groups in total. The molecule has 0 atom stereocenters. The topological polar surface area (TPSA) is 0 Å². The first kappa shape index (κ1) is 24.3. The Morgan fingerprint density at radius 3 is 0.750 bits per heavy atom. The molecule has 0 spiro atoms. The van der Waals surface area contributed by atoms with Crippen LogP contribution in [0.5, 0.6) is 0 Å². The number of hydrogen-bond donors (Lipinski definition) is 0. The van der Waals surface area contributed by atoms with Crippen LogP contribution in [0.2, 0.25) is 0 Å². The molecule has 0 aromatic heterocycles. The predicted molar refractivity (Wildman–Crippen MR) is 82.1 cm³/mol. The smallest absolute Gasteiger partial charge is 0.0328 e. The molecule has 0 aliphatic carbocycles. The Morgan fingerprint density at radius 1 is 0.500 bits per heavy atom. The predicted octanol–water partition coefficient (Wildman–Crippen LogP) is 4.61. The van der Waals surface area contributed by atoms with Crippen LogP contribution in [-0.2, 0) is 0 Å². The summed E-state index contributed by atoms with van der Waals surface area (Å²) in [6.07, 6.45) is 0. The molecule has 0 fully saturated rings. The lowest BCUT2D eigenvalue weighted by Crippen LogP contribution is -2.02. The molecule has 1 rings (SSSR count). The van der Waals surface area contributed by atoms with Gasteiger partial charge < -0.3 is 0 Å². The number of hydrogen-bond acceptors (Lipinski definition) is 0. The second kappa shape index (κ2) is 29.2. The molecular formula is C16H32. The van der Waals surface area contributed by atoms with E-state index in [1.807, 2.05) is 79.7 Å². The summed E-state index contributed by atoms with van der Waals surface area (Å²) in [5, 5.41) is 2.08. The van der Waals surface area contributed by atoms with E-state index in [1.165, 1.54) is 0 Å². The van der Waals surface area contributed by atoms with E-state index < -0.39 is 0 Å². The van der Waals surface area contributed by atoms with Crippen molar-refractivity contribution < 1.29 is 0 Å². The monoisotopic (exact) mass is 224 g/mol. The summed E-state index contributed by atoms with van der Waals surface area (Å²) in [4.78, 5) is 0. The quantitative estimate of drug-likeness (QED) is 0.603. The van der Waals surface area contributed by atoms with Crippen molar-refractivity contribution in [2.75, 3.05) is 0 Å². The largest absolute Gasteiger partial charge is 0.0918 e. The van der Waals surface area contributed by atoms with Crippen LogP contribution in [0.3, 0.4) is 0 Å². The maximum absolute atomic E-state index is 3.73. The van der Waals surface area contributed by atoms with Crippen LogP contribution in [0.4, 0.5) is 0 Å². The third kappa shape index (κ3) is 23.1. The highest BCUT2D eigenvalue weighted by Gasteiger charge is 1.69. The summed E-state index contributed by atoms with van der Waals surface area (Å²) in [6, 6.07) is 7.79. The van der Waals surface area contributed by atoms with Gasteiger partial charge >= 0.3 is 0 Å². The van der Waals surface area contributed by atoms with Crippen LogP contribution >= 0.6 is 0 Å². The van der Waals surface area contributed by atoms with Crippen molar-refractivity contribution >= 4 is 13.2 Å². The van der Waals surface area contributed by atoms with Crippen LogP contribution in [0.1, 0.15) is 55.4 Å². The van der Waals surface area contributed by atoms with Gasteiger partial charge in [-0.2, -0.15) is 0 Å². The van der Waals surface area contributed by atoms with Gasteiger partial charge in [-0.25, -0.2) is 0 Å². The Labute approximate surface area is 104 Å². The fourth-order valence-electron chi connectivity index (χ4n) is 0.539. The minimum absolute atomic E-state index is 1.04. The second-order valence-corrected chi connectivity index (χ2v) is 1.82. The second-order valence-electron chi connectivity index (χ2n) is 1.82. The van der Waals surface area contributed by atoms with E-state index >= 15 is 0 Å². The summed E-state index contributed by atoms with van der Waals surface area (Å²) in [6.45, 7) is 23.5. The highest BCUT2D eigenvalue weighted by molar-refractivity contribution is 5.13. The minimum atomic E-state index is 1.04. The summed E-state index contributed by atoms with van der Waals surface area (Å²) in [7, 11) is 0. The molecule has 0 radical (unpaired) electrons. The van der Waals surface area contributed by atoms with Gasteiger partial charge in [-0.1, -0.05) is 92.8 Å². The van der Waals surface area contributed by atoms with E-state index in [9.17, 15) is 0 Å². The molecule has 0 heterocycles. The highest BCUT2D eigenvalue weighted by atomic mass is 13.8. The van der Waals surface area contributed by atoms with Gasteiger partial charge in [-0.05, 0) is 10.4 Å². The number of rotatable bonds is 0. The lowest BCUT2D eigenvalue weighted by Gasteiger charge is -1.78. The maximum Gasteiger partial charge on any atom is -0.0328 e. The van der Waals surface area contributed by atoms with E-state index in [0.717, 1.165) is 10.4 Å². The van der Waals surface area contributed by atoms with Gasteiger partial charge in [0.1, 0.15) is 0 Å². The Morgan fingerprint density at radius 2 is 0.625 bits per heavy atom. The first-order valence-electron chi connectivity index (χ1n) is 6.53. The van der Waals surface area contributed by atoms with Gasteiger partial charge in [0, 0.05) is 0 Å². The van der Waals surface area contributed by atoms with Crippen LogP contribution < -0.4 is 10.4 Å². The van der Waals surface area contributed by atoms with Crippen LogP contribution in [-0.4, -0.2) is 0 Å². The zero-order chi connectivity index (χ0) is 14.0. The first-order valence-corrected chi connectivity index (χ1v) is 6.53. The Balaban J connectivity index is -0.0000000771. The van der Waals surface area contributed by atoms with E-state index in [2.05, 4.69) is 13.2 Å². The summed E-state index contributed by atoms with van der Waals surface area (Å²) >= 11 is 0. The fraction of sp³-hybridized carbons (Fsp3) is 0.500. The highest BCUT2D eigenvalue weighted by Crippen LogP contribution is 1.62. The van der Waals surface area contributed by atoms with Crippen molar-refractivity contribution in [1.82, 2.24) is 0 Å². The summed E-state index contributed by atoms with van der Waals surface area (Å²) < 4.78 is 0. The third-order valence-electron chi connectivity index (χ3n) is 1.02. The van der Waals surface area contributed by atoms with Crippen molar-refractivity contribution in [2.24, 2.45) is 0 Å². The summed E-state index contributed by atoms with van der Waals surface area (Å²) in [5.74, 6) is 0. The Hall–Kier alpha value is -1.04. The maximum atomic E-state index is 3.73. The van der Waals surface area contributed by atoms with Crippen molar-refractivity contribution in [3.63, 3.8) is 0 Å². The molecule has 96 valence electrons. The van der Waals surface area contributed by atoms with Gasteiger partial charge in [0.05, 0.1) is 0 Å². The molecule has 1 aromatic carbocycles. The first-order chi connectivity index (χ1) is 7.79. The molecule has 0 saturated heterocycles. The zero-order valence-corrected chi connectivity index (χ0v) is 12.7. The average molecular weight is 224 g/mol. The molecule has 0 unspecified atom stereocenters. The van der Waals surface area contributed by atoms with E-state index in [-0.39, 0.29) is 0 Å². The van der Waals surface area contributed by atoms with Crippen LogP contribution in [0, 0.1) is 0 Å². The molecule has 0 bridgehead atoms. The molecule has 1 aromatic rings. The van der Waals surface area contributed by atoms with Gasteiger partial charge in [-0.15, -0.1) is 0 Å². The van der Waals surface area contributed by atoms with E-state index in [1.54, 1.807) is 0 Å². The van der Waals surface area contributed by atoms with Crippen molar-refractivity contribution in [1.29, 1.82) is 0 Å². The molecule has 0 saturated carbocycles. The van der Waals surface area contributed by atoms with Gasteiger partial charge in [0.15, 0.2) is 0 Å². The zero-order valence-electron chi connectivity index (χ0n) is 12.7. The lowest BCUT2D eigenvalue weighted by atomic mass is 10.3. The van der Waals surface area contributed by atoms with Gasteiger partial charge in [0.25, 0.3) is 0 Å². The Bertz CT molecular complexity index is 207. The van der Waals surface area contributed by atoms with Crippen molar-refractivity contribution in [3.8, 4) is 0 Å². The SMILES string of the molecule is C=c1ccc(=C)cc1.CC.CC.CC.CC. The fourth-order valence-corrected chi connectivity index (χ4v) is 0.539. The van der Waals surface area contributed by atoms with Gasteiger partial charge in [0.2, 0.25) is 0 Å². The normalized spacial score (nSPS) is 6.00. The molecule has 0 aliphatic heterocycles. The lowest BCUT2D eigenvalue weighted by molar-refractivity contribution is 1.50. The van der Waals surface area contributed by atoms with E-state index in [4.69, 9.17) is 0 Å². The molecule has 0 heteroatoms. The summed E-state index contributed by atoms with van der Waals surface area (Å²) in [5.41, 5.74) is 0. The van der Waals surface area contributed by atoms with Crippen LogP contribution in [0.15, 0.2) is 24.3 Å². The minimum Gasteiger partial charge on any atom is -0.0918 e. The molecule has 16 heavy (non-hydrogen) atoms. The molecule has 0 nitrogen and oxygen atoms in total. The molecular weight excluding hydrogens is 192 g/mol. The van der Waals surface area contributed by atoms with Gasteiger partial charge in [-0.3, -0.25) is 0 Å². The Kier molecular flexibility index (Phi) is 44.3. The third-order valence-corrected chi connectivity index (χ3v) is 1.02. The molecule has 0 aliphatic rings. The van der Waals surface area contributed by atoms with Crippen molar-refractivity contribution in [3.05, 3.63) is 34.7 Å².